The van der Waals surface area contributed by atoms with Gasteiger partial charge < -0.3 is 15.7 Å². The van der Waals surface area contributed by atoms with Gasteiger partial charge in [-0.2, -0.15) is 0 Å². The minimum absolute atomic E-state index is 0.0816. The van der Waals surface area contributed by atoms with Crippen molar-refractivity contribution in [3.63, 3.8) is 0 Å². The first-order chi connectivity index (χ1) is 8.16. The number of carboxylic acids is 1. The third-order valence-corrected chi connectivity index (χ3v) is 3.08. The highest BCUT2D eigenvalue weighted by Gasteiger charge is 2.15. The van der Waals surface area contributed by atoms with E-state index in [0.29, 0.717) is 11.9 Å². The van der Waals surface area contributed by atoms with Crippen molar-refractivity contribution in [1.82, 2.24) is 10.3 Å². The summed E-state index contributed by atoms with van der Waals surface area (Å²) in [6, 6.07) is 1.82. The third-order valence-electron chi connectivity index (χ3n) is 2.78. The molecule has 0 bridgehead atoms. The lowest BCUT2D eigenvalue weighted by Crippen LogP contribution is -2.35. The molecule has 0 aromatic carbocycles. The van der Waals surface area contributed by atoms with E-state index in [-0.39, 0.29) is 10.6 Å². The van der Waals surface area contributed by atoms with Crippen LogP contribution >= 0.6 is 11.6 Å². The van der Waals surface area contributed by atoms with Crippen LogP contribution in [0.25, 0.3) is 0 Å². The molecule has 0 radical (unpaired) electrons. The average Bonchev–Trinajstić information content (AvgIpc) is 2.32. The Kier molecular flexibility index (Phi) is 3.81. The SMILES string of the molecule is O=C(O)c1cc(NC2CCNCC2)ncc1Cl. The van der Waals surface area contributed by atoms with Crippen LogP contribution in [0.1, 0.15) is 23.2 Å². The molecule has 5 nitrogen and oxygen atoms in total. The normalized spacial score (nSPS) is 16.8. The second kappa shape index (κ2) is 5.33. The van der Waals surface area contributed by atoms with E-state index >= 15 is 0 Å². The summed E-state index contributed by atoms with van der Waals surface area (Å²) in [6.07, 6.45) is 3.38. The largest absolute Gasteiger partial charge is 0.478 e. The predicted octanol–water partition coefficient (Wildman–Crippen LogP) is 1.60. The number of carboxylic acid groups (broad SMARTS) is 1. The van der Waals surface area contributed by atoms with Gasteiger partial charge in [-0.15, -0.1) is 0 Å². The Morgan fingerprint density at radius 1 is 1.53 bits per heavy atom. The molecule has 0 amide bonds. The second-order valence-corrected chi connectivity index (χ2v) is 4.43. The van der Waals surface area contributed by atoms with E-state index < -0.39 is 5.97 Å². The number of carbonyl (C=O) groups is 1. The number of rotatable bonds is 3. The zero-order valence-corrected chi connectivity index (χ0v) is 10.00. The van der Waals surface area contributed by atoms with Gasteiger partial charge in [-0.1, -0.05) is 11.6 Å². The van der Waals surface area contributed by atoms with E-state index in [1.807, 2.05) is 0 Å². The summed E-state index contributed by atoms with van der Waals surface area (Å²) in [7, 11) is 0. The predicted molar refractivity (Wildman–Crippen MR) is 65.7 cm³/mol. The molecule has 0 saturated carbocycles. The number of aromatic carboxylic acids is 1. The summed E-state index contributed by atoms with van der Waals surface area (Å²) < 4.78 is 0. The van der Waals surface area contributed by atoms with Gasteiger partial charge in [0.2, 0.25) is 0 Å². The van der Waals surface area contributed by atoms with E-state index in [1.165, 1.54) is 12.3 Å². The van der Waals surface area contributed by atoms with Gasteiger partial charge in [0.05, 0.1) is 10.6 Å². The molecule has 0 unspecified atom stereocenters. The van der Waals surface area contributed by atoms with Gasteiger partial charge in [0.15, 0.2) is 0 Å². The number of pyridine rings is 1. The fourth-order valence-electron chi connectivity index (χ4n) is 1.86. The minimum atomic E-state index is -1.04. The maximum atomic E-state index is 10.9. The standard InChI is InChI=1S/C11H14ClN3O2/c12-9-6-14-10(5-8(9)11(16)17)15-7-1-3-13-4-2-7/h5-7,13H,1-4H2,(H,14,15)(H,16,17). The van der Waals surface area contributed by atoms with Crippen LogP contribution in [-0.2, 0) is 0 Å². The molecule has 3 N–H and O–H groups in total. The lowest BCUT2D eigenvalue weighted by molar-refractivity contribution is 0.0697. The molecule has 1 aromatic rings. The maximum absolute atomic E-state index is 10.9. The van der Waals surface area contributed by atoms with Crippen molar-refractivity contribution in [2.24, 2.45) is 0 Å². The van der Waals surface area contributed by atoms with Crippen molar-refractivity contribution in [1.29, 1.82) is 0 Å². The van der Waals surface area contributed by atoms with Gasteiger partial charge in [-0.25, -0.2) is 9.78 Å². The van der Waals surface area contributed by atoms with Crippen molar-refractivity contribution in [3.05, 3.63) is 22.8 Å². The van der Waals surface area contributed by atoms with Crippen molar-refractivity contribution >= 4 is 23.4 Å². The Morgan fingerprint density at radius 2 is 2.24 bits per heavy atom. The molecule has 0 atom stereocenters. The lowest BCUT2D eigenvalue weighted by Gasteiger charge is -2.24. The van der Waals surface area contributed by atoms with Gasteiger partial charge >= 0.3 is 5.97 Å². The zero-order valence-electron chi connectivity index (χ0n) is 9.24. The molecule has 0 spiro atoms. The molecule has 1 aliphatic heterocycles. The number of hydrogen-bond acceptors (Lipinski definition) is 4. The number of piperidine rings is 1. The van der Waals surface area contributed by atoms with Gasteiger partial charge in [0.1, 0.15) is 5.82 Å². The number of nitrogens with one attached hydrogen (secondary N) is 2. The van der Waals surface area contributed by atoms with Crippen molar-refractivity contribution < 1.29 is 9.90 Å². The van der Waals surface area contributed by atoms with Crippen molar-refractivity contribution in [2.45, 2.75) is 18.9 Å². The van der Waals surface area contributed by atoms with E-state index in [4.69, 9.17) is 16.7 Å². The number of halogens is 1. The molecule has 1 aromatic heterocycles. The molecule has 6 heteroatoms. The number of anilines is 1. The molecule has 0 aliphatic carbocycles. The molecule has 1 aliphatic rings. The molecule has 2 heterocycles. The first-order valence-corrected chi connectivity index (χ1v) is 5.90. The van der Waals surface area contributed by atoms with Crippen molar-refractivity contribution in [3.8, 4) is 0 Å². The van der Waals surface area contributed by atoms with E-state index in [9.17, 15) is 4.79 Å². The summed E-state index contributed by atoms with van der Waals surface area (Å²) in [5, 5.41) is 15.6. The number of aromatic nitrogens is 1. The second-order valence-electron chi connectivity index (χ2n) is 4.02. The highest BCUT2D eigenvalue weighted by atomic mass is 35.5. The van der Waals surface area contributed by atoms with Gasteiger partial charge in [-0.05, 0) is 32.0 Å². The number of nitrogens with zero attached hydrogens (tertiary/aromatic N) is 1. The van der Waals surface area contributed by atoms with Crippen LogP contribution in [0.4, 0.5) is 5.82 Å². The van der Waals surface area contributed by atoms with Crippen molar-refractivity contribution in [2.75, 3.05) is 18.4 Å². The van der Waals surface area contributed by atoms with Crippen LogP contribution in [0, 0.1) is 0 Å². The molecule has 2 rings (SSSR count). The van der Waals surface area contributed by atoms with Crippen LogP contribution in [0.2, 0.25) is 5.02 Å². The fourth-order valence-corrected chi connectivity index (χ4v) is 2.04. The summed E-state index contributed by atoms with van der Waals surface area (Å²) in [4.78, 5) is 15.0. The summed E-state index contributed by atoms with van der Waals surface area (Å²) in [5.41, 5.74) is 0.0816. The highest BCUT2D eigenvalue weighted by molar-refractivity contribution is 6.33. The van der Waals surface area contributed by atoms with Crippen LogP contribution in [0.5, 0.6) is 0 Å². The monoisotopic (exact) mass is 255 g/mol. The summed E-state index contributed by atoms with van der Waals surface area (Å²) in [6.45, 7) is 1.94. The highest BCUT2D eigenvalue weighted by Crippen LogP contribution is 2.19. The first-order valence-electron chi connectivity index (χ1n) is 5.53. The Morgan fingerprint density at radius 3 is 2.88 bits per heavy atom. The Labute approximate surface area is 104 Å². The lowest BCUT2D eigenvalue weighted by atomic mass is 10.1. The zero-order chi connectivity index (χ0) is 12.3. The molecule has 17 heavy (non-hydrogen) atoms. The van der Waals surface area contributed by atoms with Crippen LogP contribution in [0.15, 0.2) is 12.3 Å². The van der Waals surface area contributed by atoms with Gasteiger partial charge in [-0.3, -0.25) is 0 Å². The molecule has 1 saturated heterocycles. The number of hydrogen-bond donors (Lipinski definition) is 3. The molecular weight excluding hydrogens is 242 g/mol. The van der Waals surface area contributed by atoms with E-state index in [0.717, 1.165) is 25.9 Å². The molecule has 92 valence electrons. The van der Waals surface area contributed by atoms with Crippen LogP contribution in [0.3, 0.4) is 0 Å². The topological polar surface area (TPSA) is 74.2 Å². The average molecular weight is 256 g/mol. The van der Waals surface area contributed by atoms with E-state index in [1.54, 1.807) is 0 Å². The summed E-state index contributed by atoms with van der Waals surface area (Å²) >= 11 is 5.75. The smallest absolute Gasteiger partial charge is 0.337 e. The molecule has 1 fully saturated rings. The quantitative estimate of drug-likeness (QED) is 0.765. The fraction of sp³-hybridized carbons (Fsp3) is 0.455. The molecular formula is C11H14ClN3O2. The first kappa shape index (κ1) is 12.1. The minimum Gasteiger partial charge on any atom is -0.478 e. The maximum Gasteiger partial charge on any atom is 0.337 e. The van der Waals surface area contributed by atoms with Crippen LogP contribution in [-0.4, -0.2) is 35.2 Å². The summed E-state index contributed by atoms with van der Waals surface area (Å²) in [5.74, 6) is -0.468. The Bertz CT molecular complexity index is 419. The van der Waals surface area contributed by atoms with Gasteiger partial charge in [0.25, 0.3) is 0 Å². The van der Waals surface area contributed by atoms with E-state index in [2.05, 4.69) is 15.6 Å². The Hall–Kier alpha value is -1.33. The Balaban J connectivity index is 2.10. The van der Waals surface area contributed by atoms with Crippen LogP contribution < -0.4 is 10.6 Å². The van der Waals surface area contributed by atoms with Gasteiger partial charge in [0, 0.05) is 12.2 Å². The third kappa shape index (κ3) is 3.08.